The van der Waals surface area contributed by atoms with Crippen molar-refractivity contribution in [3.05, 3.63) is 201 Å². The van der Waals surface area contributed by atoms with Crippen molar-refractivity contribution in [2.24, 2.45) is 0 Å². The molecule has 262 valence electrons. The highest BCUT2D eigenvalue weighted by Gasteiger charge is 2.19. The summed E-state index contributed by atoms with van der Waals surface area (Å²) in [6.45, 7) is 0. The average Bonchev–Trinajstić information content (AvgIpc) is 3.80. The molecule has 0 aliphatic carbocycles. The number of nitrogens with zero attached hydrogens (tertiary/aromatic N) is 5. The highest BCUT2D eigenvalue weighted by atomic mass is 15.0. The van der Waals surface area contributed by atoms with E-state index in [1.165, 1.54) is 27.4 Å². The molecule has 0 saturated heterocycles. The topological polar surface area (TPSA) is 48.5 Å². The van der Waals surface area contributed by atoms with Crippen molar-refractivity contribution >= 4 is 43.7 Å². The number of fused-ring (bicyclic) bond motifs is 6. The molecular weight excluding hydrogens is 683 g/mol. The van der Waals surface area contributed by atoms with Crippen LogP contribution in [0.5, 0.6) is 0 Å². The summed E-state index contributed by atoms with van der Waals surface area (Å²) in [5, 5.41) is 4.77. The van der Waals surface area contributed by atoms with Crippen molar-refractivity contribution in [3.63, 3.8) is 0 Å². The minimum atomic E-state index is 0.927. The van der Waals surface area contributed by atoms with Crippen molar-refractivity contribution in [2.45, 2.75) is 0 Å². The summed E-state index contributed by atoms with van der Waals surface area (Å²) in [6, 6.07) is 64.6. The van der Waals surface area contributed by atoms with E-state index >= 15 is 0 Å². The second-order valence-corrected chi connectivity index (χ2v) is 14.1. The first kappa shape index (κ1) is 31.9. The summed E-state index contributed by atoms with van der Waals surface area (Å²) in [6.07, 6.45) is 5.56. The molecule has 0 spiro atoms. The summed E-state index contributed by atoms with van der Waals surface area (Å²) in [5.74, 6) is 0. The van der Waals surface area contributed by atoms with E-state index in [2.05, 4.69) is 171 Å². The van der Waals surface area contributed by atoms with Crippen LogP contribution in [0, 0.1) is 0 Å². The monoisotopic (exact) mass is 715 g/mol. The molecule has 0 radical (unpaired) electrons. The van der Waals surface area contributed by atoms with Gasteiger partial charge in [0, 0.05) is 68.2 Å². The fourth-order valence-corrected chi connectivity index (χ4v) is 8.33. The Morgan fingerprint density at radius 3 is 1.68 bits per heavy atom. The molecule has 0 unspecified atom stereocenters. The van der Waals surface area contributed by atoms with Crippen LogP contribution in [0.3, 0.4) is 0 Å². The van der Waals surface area contributed by atoms with E-state index < -0.39 is 0 Å². The molecule has 0 N–H and O–H groups in total. The Labute approximate surface area is 323 Å². The van der Waals surface area contributed by atoms with E-state index in [9.17, 15) is 0 Å². The molecule has 0 bridgehead atoms. The predicted molar refractivity (Wildman–Crippen MR) is 230 cm³/mol. The lowest BCUT2D eigenvalue weighted by molar-refractivity contribution is 1.14. The molecule has 11 rings (SSSR count). The Kier molecular flexibility index (Phi) is 7.42. The van der Waals surface area contributed by atoms with Crippen LogP contribution in [0.25, 0.3) is 99.9 Å². The van der Waals surface area contributed by atoms with Gasteiger partial charge in [0.1, 0.15) is 5.65 Å². The van der Waals surface area contributed by atoms with Crippen LogP contribution >= 0.6 is 0 Å². The van der Waals surface area contributed by atoms with Gasteiger partial charge in [0.2, 0.25) is 0 Å². The van der Waals surface area contributed by atoms with Gasteiger partial charge < -0.3 is 4.57 Å². The molecule has 0 atom stereocenters. The number of hydrogen-bond acceptors (Lipinski definition) is 3. The first-order chi connectivity index (χ1) is 27.8. The molecular formula is C51H33N5. The summed E-state index contributed by atoms with van der Waals surface area (Å²) in [4.78, 5) is 14.3. The lowest BCUT2D eigenvalue weighted by Gasteiger charge is -2.13. The van der Waals surface area contributed by atoms with Gasteiger partial charge in [-0.2, -0.15) is 0 Å². The van der Waals surface area contributed by atoms with Crippen LogP contribution in [0.1, 0.15) is 0 Å². The predicted octanol–water partition coefficient (Wildman–Crippen LogP) is 12.7. The molecule has 0 saturated carbocycles. The maximum atomic E-state index is 4.95. The van der Waals surface area contributed by atoms with Crippen LogP contribution in [0.15, 0.2) is 201 Å². The normalized spacial score (nSPS) is 11.6. The van der Waals surface area contributed by atoms with Gasteiger partial charge in [-0.3, -0.25) is 14.5 Å². The molecule has 11 aromatic rings. The lowest BCUT2D eigenvalue weighted by Crippen LogP contribution is -1.96. The summed E-state index contributed by atoms with van der Waals surface area (Å²) in [7, 11) is 0. The molecule has 5 aromatic heterocycles. The molecule has 5 nitrogen and oxygen atoms in total. The van der Waals surface area contributed by atoms with Crippen molar-refractivity contribution < 1.29 is 0 Å². The van der Waals surface area contributed by atoms with Gasteiger partial charge in [0.15, 0.2) is 0 Å². The van der Waals surface area contributed by atoms with Crippen molar-refractivity contribution in [3.8, 4) is 56.1 Å². The fraction of sp³-hybridized carbons (Fsp3) is 0. The number of hydrogen-bond donors (Lipinski definition) is 0. The Morgan fingerprint density at radius 2 is 0.929 bits per heavy atom. The van der Waals surface area contributed by atoms with E-state index in [0.717, 1.165) is 72.5 Å². The Balaban J connectivity index is 1.05. The van der Waals surface area contributed by atoms with Crippen LogP contribution in [-0.2, 0) is 0 Å². The van der Waals surface area contributed by atoms with Gasteiger partial charge in [-0.1, -0.05) is 84.9 Å². The maximum absolute atomic E-state index is 4.95. The van der Waals surface area contributed by atoms with Crippen LogP contribution < -0.4 is 0 Å². The van der Waals surface area contributed by atoms with Gasteiger partial charge in [-0.15, -0.1) is 0 Å². The van der Waals surface area contributed by atoms with Gasteiger partial charge in [0.05, 0.1) is 27.9 Å². The van der Waals surface area contributed by atoms with Crippen LogP contribution in [0.4, 0.5) is 0 Å². The molecule has 5 heteroatoms. The second-order valence-electron chi connectivity index (χ2n) is 14.1. The minimum Gasteiger partial charge on any atom is -0.309 e. The fourth-order valence-electron chi connectivity index (χ4n) is 8.33. The molecule has 0 fully saturated rings. The number of para-hydroxylation sites is 3. The first-order valence-corrected chi connectivity index (χ1v) is 18.8. The zero-order valence-electron chi connectivity index (χ0n) is 30.3. The van der Waals surface area contributed by atoms with Gasteiger partial charge in [-0.05, 0) is 114 Å². The third-order valence-corrected chi connectivity index (χ3v) is 10.9. The summed E-state index contributed by atoms with van der Waals surface area (Å²) in [5.41, 5.74) is 15.2. The van der Waals surface area contributed by atoms with Crippen LogP contribution in [-0.4, -0.2) is 24.1 Å². The maximum Gasteiger partial charge on any atom is 0.145 e. The van der Waals surface area contributed by atoms with Crippen molar-refractivity contribution in [2.75, 3.05) is 0 Å². The van der Waals surface area contributed by atoms with E-state index in [4.69, 9.17) is 4.98 Å². The largest absolute Gasteiger partial charge is 0.309 e. The van der Waals surface area contributed by atoms with Crippen molar-refractivity contribution in [1.29, 1.82) is 0 Å². The standard InChI is InChI=1S/C51H33N5/c1-2-12-39(13-3-1)55-48-20-5-4-14-42(48)43-16-10-15-41(50(43)55)35-23-26-49-45(33-35)44-17-11-29-54-51(44)56(49)40-24-21-34(22-25-40)36-30-37(46-18-6-8-27-52-46)32-38(31-36)47-19-7-9-28-53-47/h1-33H. The highest BCUT2D eigenvalue weighted by Crippen LogP contribution is 2.41. The minimum absolute atomic E-state index is 0.927. The van der Waals surface area contributed by atoms with E-state index in [-0.39, 0.29) is 0 Å². The molecule has 0 aliphatic rings. The van der Waals surface area contributed by atoms with Gasteiger partial charge >= 0.3 is 0 Å². The average molecular weight is 716 g/mol. The highest BCUT2D eigenvalue weighted by molar-refractivity contribution is 6.15. The smallest absolute Gasteiger partial charge is 0.145 e. The molecule has 5 heterocycles. The zero-order chi connectivity index (χ0) is 37.0. The number of aromatic nitrogens is 5. The molecule has 0 aliphatic heterocycles. The number of pyridine rings is 3. The Bertz CT molecular complexity index is 3160. The van der Waals surface area contributed by atoms with E-state index in [0.29, 0.717) is 0 Å². The van der Waals surface area contributed by atoms with Crippen molar-refractivity contribution in [1.82, 2.24) is 24.1 Å². The third-order valence-electron chi connectivity index (χ3n) is 10.9. The molecule has 56 heavy (non-hydrogen) atoms. The lowest BCUT2D eigenvalue weighted by atomic mass is 9.96. The molecule has 6 aromatic carbocycles. The van der Waals surface area contributed by atoms with Crippen LogP contribution in [0.2, 0.25) is 0 Å². The second kappa shape index (κ2) is 13.0. The van der Waals surface area contributed by atoms with E-state index in [1.54, 1.807) is 0 Å². The van der Waals surface area contributed by atoms with Gasteiger partial charge in [0.25, 0.3) is 0 Å². The first-order valence-electron chi connectivity index (χ1n) is 18.8. The Morgan fingerprint density at radius 1 is 0.321 bits per heavy atom. The SMILES string of the molecule is c1ccc(-n2c3ccccc3c3cccc(-c4ccc5c(c4)c4cccnc4n5-c4ccc(-c5cc(-c6ccccn6)cc(-c6ccccn6)c5)cc4)c32)cc1. The third kappa shape index (κ3) is 5.21. The summed E-state index contributed by atoms with van der Waals surface area (Å²) >= 11 is 0. The van der Waals surface area contributed by atoms with Gasteiger partial charge in [-0.25, -0.2) is 4.98 Å². The zero-order valence-corrected chi connectivity index (χ0v) is 30.3. The number of rotatable bonds is 6. The quantitative estimate of drug-likeness (QED) is 0.172. The number of benzene rings is 6. The molecule has 0 amide bonds. The summed E-state index contributed by atoms with van der Waals surface area (Å²) < 4.78 is 4.69. The Hall–Kier alpha value is -7.63. The van der Waals surface area contributed by atoms with E-state index in [1.807, 2.05) is 48.9 Å².